The van der Waals surface area contributed by atoms with Crippen LogP contribution >= 0.6 is 11.3 Å². The molecule has 0 saturated carbocycles. The van der Waals surface area contributed by atoms with E-state index in [4.69, 9.17) is 5.73 Å². The standard InChI is InChI=1S/C15H15BF2N3OS.2C2H6/c1-8-5-10(20-6-9-3-2-4-23-9)11-12(21-8)13(22)14(16-11)15(17,18)7-19;2*1-2/h2-5,22H,6-7,19H2,1H3,(H,20,21);2*1-2H3. The van der Waals surface area contributed by atoms with Crippen molar-refractivity contribution < 1.29 is 13.9 Å². The first-order valence-electron chi connectivity index (χ1n) is 9.07. The van der Waals surface area contributed by atoms with Crippen LogP contribution in [-0.4, -0.2) is 29.8 Å². The Labute approximate surface area is 164 Å². The molecule has 3 heterocycles. The van der Waals surface area contributed by atoms with Crippen molar-refractivity contribution in [1.29, 1.82) is 0 Å². The highest BCUT2D eigenvalue weighted by molar-refractivity contribution is 7.09. The van der Waals surface area contributed by atoms with Gasteiger partial charge in [0.05, 0.1) is 6.54 Å². The molecule has 0 bridgehead atoms. The van der Waals surface area contributed by atoms with Crippen molar-refractivity contribution >= 4 is 35.5 Å². The maximum Gasteiger partial charge on any atom is 0.277 e. The predicted molar refractivity (Wildman–Crippen MR) is 112 cm³/mol. The first-order valence-corrected chi connectivity index (χ1v) is 9.95. The number of nitrogens with one attached hydrogen (secondary N) is 1. The first-order chi connectivity index (χ1) is 12.9. The lowest BCUT2D eigenvalue weighted by Crippen LogP contribution is -2.34. The maximum absolute atomic E-state index is 13.9. The number of anilines is 1. The SMILES string of the molecule is CC.CC.Cc1cc(NCc2cccs2)c2c(n1)C(O)=C(C(F)(F)CN)[B]2. The molecule has 0 fully saturated rings. The average Bonchev–Trinajstić information content (AvgIpc) is 3.32. The lowest BCUT2D eigenvalue weighted by Gasteiger charge is -2.15. The molecule has 1 aliphatic heterocycles. The summed E-state index contributed by atoms with van der Waals surface area (Å²) in [4.78, 5) is 5.31. The zero-order valence-corrected chi connectivity index (χ0v) is 17.3. The zero-order chi connectivity index (χ0) is 20.6. The Morgan fingerprint density at radius 3 is 2.52 bits per heavy atom. The molecule has 2 aromatic rings. The van der Waals surface area contributed by atoms with Crippen LogP contribution in [0.3, 0.4) is 0 Å². The monoisotopic (exact) mass is 394 g/mol. The van der Waals surface area contributed by atoms with Crippen molar-refractivity contribution in [3.05, 3.63) is 45.3 Å². The normalized spacial score (nSPS) is 12.3. The second kappa shape index (κ2) is 10.4. The second-order valence-corrected chi connectivity index (χ2v) is 6.35. The Bertz CT molecular complexity index is 765. The van der Waals surface area contributed by atoms with E-state index >= 15 is 0 Å². The summed E-state index contributed by atoms with van der Waals surface area (Å²) >= 11 is 1.60. The summed E-state index contributed by atoms with van der Waals surface area (Å²) in [6.45, 7) is 9.46. The first kappa shape index (κ1) is 23.1. The van der Waals surface area contributed by atoms with Gasteiger partial charge in [-0.1, -0.05) is 33.8 Å². The Hall–Kier alpha value is -1.93. The minimum absolute atomic E-state index is 0.168. The topological polar surface area (TPSA) is 71.2 Å². The lowest BCUT2D eigenvalue weighted by atomic mass is 9.64. The number of nitrogens with two attached hydrogens (primary N) is 1. The molecule has 3 rings (SSSR count). The number of fused-ring (bicyclic) bond motifs is 1. The summed E-state index contributed by atoms with van der Waals surface area (Å²) in [5.41, 5.74) is 6.57. The molecule has 0 amide bonds. The van der Waals surface area contributed by atoms with Crippen molar-refractivity contribution in [2.75, 3.05) is 11.9 Å². The van der Waals surface area contributed by atoms with E-state index in [-0.39, 0.29) is 5.69 Å². The molecule has 27 heavy (non-hydrogen) atoms. The molecule has 1 aliphatic rings. The van der Waals surface area contributed by atoms with Gasteiger partial charge in [-0.25, -0.2) is 8.78 Å². The Morgan fingerprint density at radius 1 is 1.30 bits per heavy atom. The molecule has 1 radical (unpaired) electrons. The minimum Gasteiger partial charge on any atom is -0.506 e. The summed E-state index contributed by atoms with van der Waals surface area (Å²) in [6, 6.07) is 5.71. The van der Waals surface area contributed by atoms with Crippen molar-refractivity contribution in [3.63, 3.8) is 0 Å². The van der Waals surface area contributed by atoms with Crippen LogP contribution in [0.15, 0.2) is 29.1 Å². The summed E-state index contributed by atoms with van der Waals surface area (Å²) in [5.74, 6) is -3.79. The van der Waals surface area contributed by atoms with Gasteiger partial charge in [0.25, 0.3) is 5.92 Å². The molecule has 8 heteroatoms. The van der Waals surface area contributed by atoms with Gasteiger partial charge in [-0.05, 0) is 29.9 Å². The van der Waals surface area contributed by atoms with E-state index in [9.17, 15) is 13.9 Å². The Balaban J connectivity index is 0.000000855. The van der Waals surface area contributed by atoms with Crippen LogP contribution in [-0.2, 0) is 6.54 Å². The van der Waals surface area contributed by atoms with Gasteiger partial charge in [0.2, 0.25) is 7.28 Å². The number of hydrogen-bond acceptors (Lipinski definition) is 5. The fraction of sp³-hybridized carbons (Fsp3) is 0.421. The summed E-state index contributed by atoms with van der Waals surface area (Å²) in [7, 11) is 1.26. The molecule has 2 aromatic heterocycles. The highest BCUT2D eigenvalue weighted by Crippen LogP contribution is 2.33. The smallest absolute Gasteiger partial charge is 0.277 e. The number of aromatic nitrogens is 1. The molecule has 0 atom stereocenters. The van der Waals surface area contributed by atoms with Gasteiger partial charge in [-0.15, -0.1) is 11.3 Å². The molecular weight excluding hydrogens is 367 g/mol. The Kier molecular flexibility index (Phi) is 8.92. The fourth-order valence-electron chi connectivity index (χ4n) is 2.48. The number of aliphatic hydroxyl groups is 1. The van der Waals surface area contributed by atoms with Crippen LogP contribution < -0.4 is 16.5 Å². The van der Waals surface area contributed by atoms with Crippen LogP contribution in [0.4, 0.5) is 14.5 Å². The number of nitrogens with zero attached hydrogens (tertiary/aromatic N) is 1. The quantitative estimate of drug-likeness (QED) is 0.662. The van der Waals surface area contributed by atoms with E-state index < -0.39 is 23.7 Å². The van der Waals surface area contributed by atoms with Crippen molar-refractivity contribution in [2.24, 2.45) is 5.73 Å². The molecule has 0 spiro atoms. The van der Waals surface area contributed by atoms with Gasteiger partial charge in [-0.3, -0.25) is 4.98 Å². The molecule has 4 nitrogen and oxygen atoms in total. The van der Waals surface area contributed by atoms with Gasteiger partial charge >= 0.3 is 0 Å². The number of halogens is 2. The van der Waals surface area contributed by atoms with Crippen LogP contribution in [0.5, 0.6) is 0 Å². The van der Waals surface area contributed by atoms with Crippen molar-refractivity contribution in [3.8, 4) is 0 Å². The summed E-state index contributed by atoms with van der Waals surface area (Å²) < 4.78 is 27.8. The Morgan fingerprint density at radius 2 is 1.96 bits per heavy atom. The van der Waals surface area contributed by atoms with Crippen LogP contribution in [0.25, 0.3) is 5.76 Å². The van der Waals surface area contributed by atoms with Crippen LogP contribution in [0, 0.1) is 6.92 Å². The van der Waals surface area contributed by atoms with Crippen molar-refractivity contribution in [2.45, 2.75) is 47.1 Å². The van der Waals surface area contributed by atoms with Crippen LogP contribution in [0.1, 0.15) is 44.0 Å². The molecular formula is C19H27BF2N3OS. The molecule has 4 N–H and O–H groups in total. The van der Waals surface area contributed by atoms with E-state index in [2.05, 4.69) is 10.3 Å². The van der Waals surface area contributed by atoms with Gasteiger partial charge < -0.3 is 16.2 Å². The van der Waals surface area contributed by atoms with E-state index in [0.717, 1.165) is 4.88 Å². The predicted octanol–water partition coefficient (Wildman–Crippen LogP) is 4.28. The minimum atomic E-state index is -3.29. The van der Waals surface area contributed by atoms with Gasteiger partial charge in [0.15, 0.2) is 0 Å². The number of thiophene rings is 1. The third-order valence-electron chi connectivity index (χ3n) is 3.64. The van der Waals surface area contributed by atoms with E-state index in [0.29, 0.717) is 23.4 Å². The molecule has 0 aliphatic carbocycles. The highest BCUT2D eigenvalue weighted by Gasteiger charge is 2.41. The number of hydrogen-bond donors (Lipinski definition) is 3. The largest absolute Gasteiger partial charge is 0.506 e. The number of alkyl halides is 2. The lowest BCUT2D eigenvalue weighted by molar-refractivity contribution is 0.0588. The van der Waals surface area contributed by atoms with Gasteiger partial charge in [0.1, 0.15) is 11.5 Å². The fourth-order valence-corrected chi connectivity index (χ4v) is 3.13. The number of rotatable bonds is 5. The highest BCUT2D eigenvalue weighted by atomic mass is 32.1. The third kappa shape index (κ3) is 5.29. The third-order valence-corrected chi connectivity index (χ3v) is 4.51. The molecule has 0 saturated heterocycles. The zero-order valence-electron chi connectivity index (χ0n) is 16.4. The molecule has 0 unspecified atom stereocenters. The number of aryl methyl sites for hydroxylation is 1. The van der Waals surface area contributed by atoms with Gasteiger partial charge in [-0.2, -0.15) is 0 Å². The van der Waals surface area contributed by atoms with E-state index in [1.165, 1.54) is 7.28 Å². The van der Waals surface area contributed by atoms with Crippen LogP contribution in [0.2, 0.25) is 0 Å². The van der Waals surface area contributed by atoms with Gasteiger partial charge in [0, 0.05) is 28.3 Å². The van der Waals surface area contributed by atoms with E-state index in [1.807, 2.05) is 45.2 Å². The maximum atomic E-state index is 13.9. The molecule has 0 aromatic carbocycles. The van der Waals surface area contributed by atoms with E-state index in [1.54, 1.807) is 24.3 Å². The molecule has 147 valence electrons. The summed E-state index contributed by atoms with van der Waals surface area (Å²) in [5, 5.41) is 15.3. The number of aliphatic hydroxyl groups excluding tert-OH is 1. The second-order valence-electron chi connectivity index (χ2n) is 5.32. The van der Waals surface area contributed by atoms with Crippen molar-refractivity contribution in [1.82, 2.24) is 4.98 Å². The number of pyridine rings is 1. The summed E-state index contributed by atoms with van der Waals surface area (Å²) in [6.07, 6.45) is 0. The average molecular weight is 394 g/mol.